The largest absolute Gasteiger partial charge is 0.372 e. The van der Waals surface area contributed by atoms with Gasteiger partial charge < -0.3 is 15.1 Å². The molecule has 0 bridgehead atoms. The van der Waals surface area contributed by atoms with E-state index >= 15 is 0 Å². The predicted molar refractivity (Wildman–Crippen MR) is 102 cm³/mol. The van der Waals surface area contributed by atoms with E-state index in [-0.39, 0.29) is 11.5 Å². The molecule has 0 radical (unpaired) electrons. The van der Waals surface area contributed by atoms with Crippen molar-refractivity contribution in [1.29, 1.82) is 5.41 Å². The third kappa shape index (κ3) is 3.94. The van der Waals surface area contributed by atoms with Gasteiger partial charge in [-0.15, -0.1) is 5.10 Å². The second kappa shape index (κ2) is 7.57. The molecule has 3 rings (SSSR count). The Balaban J connectivity index is 1.80. The number of hydrogen-bond acceptors (Lipinski definition) is 7. The molecule has 25 heavy (non-hydrogen) atoms. The molecular formula is C13H10IN8O2P. The van der Waals surface area contributed by atoms with Crippen LogP contribution in [0.3, 0.4) is 0 Å². The first kappa shape index (κ1) is 17.3. The van der Waals surface area contributed by atoms with Crippen molar-refractivity contribution in [3.8, 4) is 11.3 Å². The first-order valence-corrected chi connectivity index (χ1v) is 10.9. The molecule has 12 heteroatoms. The van der Waals surface area contributed by atoms with Crippen LogP contribution < -0.4 is 0 Å². The lowest BCUT2D eigenvalue weighted by atomic mass is 10.2. The summed E-state index contributed by atoms with van der Waals surface area (Å²) >= 11 is 2.15. The van der Waals surface area contributed by atoms with E-state index in [1.165, 1.54) is 29.2 Å². The van der Waals surface area contributed by atoms with Crippen LogP contribution in [0, 0.1) is 15.5 Å². The van der Waals surface area contributed by atoms with Crippen LogP contribution in [0.1, 0.15) is 11.5 Å². The van der Waals surface area contributed by atoms with Gasteiger partial charge in [-0.05, 0) is 56.2 Å². The predicted octanol–water partition coefficient (Wildman–Crippen LogP) is 2.84. The summed E-state index contributed by atoms with van der Waals surface area (Å²) in [5, 5.41) is 27.2. The first-order valence-electron chi connectivity index (χ1n) is 6.79. The number of rotatable bonds is 6. The van der Waals surface area contributed by atoms with Crippen LogP contribution in [0.15, 0.2) is 36.8 Å². The lowest BCUT2D eigenvalue weighted by molar-refractivity contribution is -0.388. The molecular weight excluding hydrogens is 458 g/mol. The highest BCUT2D eigenvalue weighted by molar-refractivity contribution is 14.2. The number of nitro groups is 1. The third-order valence-electron chi connectivity index (χ3n) is 3.10. The van der Waals surface area contributed by atoms with E-state index in [9.17, 15) is 10.1 Å². The maximum Gasteiger partial charge on any atom is 0.372 e. The Labute approximate surface area is 155 Å². The minimum atomic E-state index is -0.543. The molecule has 2 N–H and O–H groups in total. The van der Waals surface area contributed by atoms with Crippen molar-refractivity contribution in [3.05, 3.63) is 58.4 Å². The molecule has 0 aliphatic rings. The van der Waals surface area contributed by atoms with E-state index in [1.807, 2.05) is 0 Å². The molecule has 0 amide bonds. The number of halogens is 1. The van der Waals surface area contributed by atoms with E-state index in [0.29, 0.717) is 29.1 Å². The van der Waals surface area contributed by atoms with Crippen molar-refractivity contribution < 1.29 is 4.92 Å². The van der Waals surface area contributed by atoms with Gasteiger partial charge in [-0.1, -0.05) is 0 Å². The highest BCUT2D eigenvalue weighted by atomic mass is 127. The average Bonchev–Trinajstić information content (AvgIpc) is 3.29. The molecule has 0 saturated carbocycles. The molecule has 3 aromatic rings. The van der Waals surface area contributed by atoms with Gasteiger partial charge in [0.2, 0.25) is 0 Å². The number of H-pyrrole nitrogens is 1. The number of hydrogen-bond donors (Lipinski definition) is 2. The third-order valence-corrected chi connectivity index (χ3v) is 4.76. The zero-order valence-electron chi connectivity index (χ0n) is 12.4. The Morgan fingerprint density at radius 2 is 2.28 bits per heavy atom. The molecule has 3 heterocycles. The van der Waals surface area contributed by atoms with Crippen molar-refractivity contribution in [2.24, 2.45) is 0 Å². The lowest BCUT2D eigenvalue weighted by Gasteiger charge is -1.98. The van der Waals surface area contributed by atoms with Crippen LogP contribution in [-0.2, 0) is 0 Å². The fourth-order valence-electron chi connectivity index (χ4n) is 1.99. The van der Waals surface area contributed by atoms with Crippen LogP contribution in [0.25, 0.3) is 17.3 Å². The van der Waals surface area contributed by atoms with Gasteiger partial charge in [0.15, 0.2) is 0 Å². The Morgan fingerprint density at radius 3 is 3.00 bits per heavy atom. The van der Waals surface area contributed by atoms with Gasteiger partial charge in [-0.25, -0.2) is 4.98 Å². The minimum Gasteiger partial charge on any atom is -0.358 e. The van der Waals surface area contributed by atoms with Crippen LogP contribution in [0.5, 0.6) is 0 Å². The second-order valence-electron chi connectivity index (χ2n) is 4.66. The average molecular weight is 468 g/mol. The zero-order chi connectivity index (χ0) is 17.8. The summed E-state index contributed by atoms with van der Waals surface area (Å²) < 4.78 is 1.50. The normalized spacial score (nSPS) is 11.6. The summed E-state index contributed by atoms with van der Waals surface area (Å²) in [4.78, 5) is 21.4. The number of nitrogens with zero attached hydrogens (tertiary/aromatic N) is 6. The molecule has 0 fully saturated rings. The maximum absolute atomic E-state index is 11.1. The van der Waals surface area contributed by atoms with Crippen molar-refractivity contribution >= 4 is 46.0 Å². The first-order chi connectivity index (χ1) is 12.1. The zero-order valence-corrected chi connectivity index (χ0v) is 15.6. The van der Waals surface area contributed by atoms with E-state index in [4.69, 9.17) is 5.41 Å². The molecule has 0 saturated heterocycles. The van der Waals surface area contributed by atoms with Crippen LogP contribution in [-0.4, -0.2) is 40.4 Å². The highest BCUT2D eigenvalue weighted by Crippen LogP contribution is 2.26. The molecule has 0 aromatic carbocycles. The van der Waals surface area contributed by atoms with Crippen LogP contribution in [0.2, 0.25) is 0 Å². The Morgan fingerprint density at radius 1 is 1.44 bits per heavy atom. The van der Waals surface area contributed by atoms with Gasteiger partial charge in [0.05, 0.1) is 35.7 Å². The maximum atomic E-state index is 11.1. The Kier molecular flexibility index (Phi) is 5.24. The van der Waals surface area contributed by atoms with E-state index < -0.39 is 4.92 Å². The molecule has 3 aromatic heterocycles. The van der Waals surface area contributed by atoms with E-state index in [1.54, 1.807) is 18.2 Å². The molecule has 1 atom stereocenters. The summed E-state index contributed by atoms with van der Waals surface area (Å²) in [5.41, 5.74) is 1.46. The van der Waals surface area contributed by atoms with Gasteiger partial charge in [-0.3, -0.25) is 5.41 Å². The fraction of sp³-hybridized carbons (Fsp3) is 0. The van der Waals surface area contributed by atoms with Crippen LogP contribution >= 0.6 is 28.4 Å². The summed E-state index contributed by atoms with van der Waals surface area (Å²) in [5.74, 6) is 0.215. The van der Waals surface area contributed by atoms with Crippen molar-refractivity contribution in [1.82, 2.24) is 29.7 Å². The van der Waals surface area contributed by atoms with Gasteiger partial charge in [0.1, 0.15) is 17.7 Å². The summed E-state index contributed by atoms with van der Waals surface area (Å²) in [6.07, 6.45) is 7.87. The topological polar surface area (TPSA) is 139 Å². The SMILES string of the molecule is N=C(/C=C\c1ncc(-c2cccnc2[N+](=O)[O-])[nH]1)c1cnn(PI)n1. The molecule has 10 nitrogen and oxygen atoms in total. The standard InChI is InChI=1S/C13H10IN8O2P/c14-25-22-18-7-11(20-22)9(15)3-4-12-17-6-10(19-12)8-2-1-5-16-13(8)21(23)24/h1-7,15,25H,(H,17,19)/b4-3-,15-9?. The molecule has 0 aliphatic carbocycles. The van der Waals surface area contributed by atoms with Crippen LogP contribution in [0.4, 0.5) is 5.82 Å². The molecule has 0 aliphatic heterocycles. The number of imidazole rings is 1. The Bertz CT molecular complexity index is 966. The van der Waals surface area contributed by atoms with Gasteiger partial charge in [0.25, 0.3) is 0 Å². The Hall–Kier alpha value is -2.53. The highest BCUT2D eigenvalue weighted by Gasteiger charge is 2.17. The lowest BCUT2D eigenvalue weighted by Crippen LogP contribution is -1.96. The van der Waals surface area contributed by atoms with Crippen molar-refractivity contribution in [3.63, 3.8) is 0 Å². The number of nitrogens with one attached hydrogen (secondary N) is 2. The molecule has 1 unspecified atom stereocenters. The monoisotopic (exact) mass is 468 g/mol. The number of aromatic amines is 1. The molecule has 126 valence electrons. The number of pyridine rings is 1. The van der Waals surface area contributed by atoms with Gasteiger partial charge in [0, 0.05) is 0 Å². The van der Waals surface area contributed by atoms with Gasteiger partial charge >= 0.3 is 5.82 Å². The van der Waals surface area contributed by atoms with E-state index in [0.717, 1.165) is 0 Å². The second-order valence-corrected chi connectivity index (χ2v) is 6.68. The molecule has 0 spiro atoms. The van der Waals surface area contributed by atoms with Gasteiger partial charge in [-0.2, -0.15) is 9.67 Å². The van der Waals surface area contributed by atoms with E-state index in [2.05, 4.69) is 47.2 Å². The fourth-order valence-corrected chi connectivity index (χ4v) is 2.93. The number of allylic oxidation sites excluding steroid dienone is 1. The van der Waals surface area contributed by atoms with Crippen molar-refractivity contribution in [2.45, 2.75) is 0 Å². The summed E-state index contributed by atoms with van der Waals surface area (Å²) in [6, 6.07) is 3.21. The quantitative estimate of drug-likeness (QED) is 0.188. The summed E-state index contributed by atoms with van der Waals surface area (Å²) in [7, 11) is 0. The minimum absolute atomic E-state index is 0.186. The van der Waals surface area contributed by atoms with Crippen molar-refractivity contribution in [2.75, 3.05) is 0 Å². The summed E-state index contributed by atoms with van der Waals surface area (Å²) in [6.45, 7) is 0. The number of aromatic nitrogens is 6. The smallest absolute Gasteiger partial charge is 0.358 e.